The van der Waals surface area contributed by atoms with Crippen LogP contribution in [-0.4, -0.2) is 46.5 Å². The van der Waals surface area contributed by atoms with Gasteiger partial charge in [-0.1, -0.05) is 0 Å². The van der Waals surface area contributed by atoms with Gasteiger partial charge in [0.15, 0.2) is 5.03 Å². The molecule has 0 bridgehead atoms. The van der Waals surface area contributed by atoms with E-state index in [1.165, 1.54) is 4.31 Å². The molecule has 118 valence electrons. The zero-order valence-electron chi connectivity index (χ0n) is 12.5. The Balaban J connectivity index is 1.72. The van der Waals surface area contributed by atoms with Crippen LogP contribution in [-0.2, 0) is 17.1 Å². The van der Waals surface area contributed by atoms with Gasteiger partial charge in [-0.05, 0) is 25.5 Å². The Bertz CT molecular complexity index is 738. The molecule has 7 nitrogen and oxygen atoms in total. The Morgan fingerprint density at radius 1 is 1.41 bits per heavy atom. The minimum atomic E-state index is -3.56. The molecule has 1 aliphatic heterocycles. The molecular weight excluding hydrogens is 304 g/mol. The number of aromatic nitrogens is 3. The highest BCUT2D eigenvalue weighted by Gasteiger charge is 2.35. The lowest BCUT2D eigenvalue weighted by atomic mass is 10.3. The van der Waals surface area contributed by atoms with Gasteiger partial charge in [0.2, 0.25) is 0 Å². The highest BCUT2D eigenvalue weighted by atomic mass is 32.2. The molecule has 2 aromatic heterocycles. The first-order valence-electron chi connectivity index (χ1n) is 7.03. The van der Waals surface area contributed by atoms with Gasteiger partial charge in [0.1, 0.15) is 17.7 Å². The lowest BCUT2D eigenvalue weighted by Crippen LogP contribution is -2.31. The van der Waals surface area contributed by atoms with E-state index in [0.717, 1.165) is 0 Å². The van der Waals surface area contributed by atoms with Crippen molar-refractivity contribution < 1.29 is 13.2 Å². The molecule has 2 aromatic rings. The quantitative estimate of drug-likeness (QED) is 0.838. The largest absolute Gasteiger partial charge is 0.487 e. The molecular formula is C14H18N4O3S. The summed E-state index contributed by atoms with van der Waals surface area (Å²) in [5, 5.41) is 0.0922. The Labute approximate surface area is 129 Å². The second-order valence-electron chi connectivity index (χ2n) is 5.32. The number of sulfonamides is 1. The monoisotopic (exact) mass is 322 g/mol. The third-order valence-electron chi connectivity index (χ3n) is 3.74. The molecule has 8 heteroatoms. The van der Waals surface area contributed by atoms with Gasteiger partial charge in [0, 0.05) is 26.0 Å². The van der Waals surface area contributed by atoms with Crippen LogP contribution in [0.25, 0.3) is 0 Å². The smallest absolute Gasteiger partial charge is 0.262 e. The van der Waals surface area contributed by atoms with Crippen molar-refractivity contribution in [2.75, 3.05) is 13.1 Å². The number of aryl methyl sites for hydroxylation is 2. The third-order valence-corrected chi connectivity index (χ3v) is 5.47. The standard InChI is InChI=1S/C14H18N4O3S/c1-11-16-14(10-17(11)2)22(19,20)18-7-5-13(9-18)21-12-4-3-6-15-8-12/h3-4,6,8,10,13H,5,7,9H2,1-2H3/t13-/m1/s1. The Kier molecular flexibility index (Phi) is 3.88. The van der Waals surface area contributed by atoms with E-state index in [2.05, 4.69) is 9.97 Å². The Hall–Kier alpha value is -1.93. The zero-order chi connectivity index (χ0) is 15.7. The van der Waals surface area contributed by atoms with Crippen molar-refractivity contribution in [1.29, 1.82) is 0 Å². The van der Waals surface area contributed by atoms with Crippen LogP contribution in [0.3, 0.4) is 0 Å². The van der Waals surface area contributed by atoms with E-state index >= 15 is 0 Å². The van der Waals surface area contributed by atoms with E-state index in [4.69, 9.17) is 4.74 Å². The van der Waals surface area contributed by atoms with E-state index in [0.29, 0.717) is 31.1 Å². The summed E-state index contributed by atoms with van der Waals surface area (Å²) < 4.78 is 34.1. The fraction of sp³-hybridized carbons (Fsp3) is 0.429. The summed E-state index contributed by atoms with van der Waals surface area (Å²) in [6.07, 6.45) is 5.32. The topological polar surface area (TPSA) is 77.3 Å². The second-order valence-corrected chi connectivity index (χ2v) is 7.20. The number of nitrogens with zero attached hydrogens (tertiary/aromatic N) is 4. The maximum absolute atomic E-state index is 12.6. The molecule has 0 spiro atoms. The average molecular weight is 322 g/mol. The molecule has 0 aliphatic carbocycles. The molecule has 0 unspecified atom stereocenters. The van der Waals surface area contributed by atoms with Crippen molar-refractivity contribution in [1.82, 2.24) is 18.8 Å². The minimum absolute atomic E-state index is 0.0922. The number of rotatable bonds is 4. The minimum Gasteiger partial charge on any atom is -0.487 e. The molecule has 0 radical (unpaired) electrons. The van der Waals surface area contributed by atoms with E-state index in [1.54, 1.807) is 43.2 Å². The van der Waals surface area contributed by atoms with Gasteiger partial charge in [-0.2, -0.15) is 4.31 Å². The molecule has 0 amide bonds. The van der Waals surface area contributed by atoms with Crippen LogP contribution in [0.2, 0.25) is 0 Å². The summed E-state index contributed by atoms with van der Waals surface area (Å²) in [7, 11) is -1.78. The Morgan fingerprint density at radius 2 is 2.23 bits per heavy atom. The van der Waals surface area contributed by atoms with Crippen LogP contribution in [0.15, 0.2) is 35.7 Å². The first kappa shape index (κ1) is 15.0. The second kappa shape index (κ2) is 5.69. The molecule has 1 saturated heterocycles. The molecule has 1 aliphatic rings. The fourth-order valence-corrected chi connectivity index (χ4v) is 3.92. The van der Waals surface area contributed by atoms with E-state index < -0.39 is 10.0 Å². The molecule has 1 fully saturated rings. The highest BCUT2D eigenvalue weighted by molar-refractivity contribution is 7.89. The molecule has 3 rings (SSSR count). The van der Waals surface area contributed by atoms with Crippen LogP contribution in [0.5, 0.6) is 5.75 Å². The van der Waals surface area contributed by atoms with Gasteiger partial charge >= 0.3 is 0 Å². The van der Waals surface area contributed by atoms with E-state index in [1.807, 2.05) is 6.07 Å². The summed E-state index contributed by atoms with van der Waals surface area (Å²) in [5.41, 5.74) is 0. The molecule has 3 heterocycles. The van der Waals surface area contributed by atoms with Crippen molar-refractivity contribution >= 4 is 10.0 Å². The van der Waals surface area contributed by atoms with Gasteiger partial charge in [-0.15, -0.1) is 0 Å². The Morgan fingerprint density at radius 3 is 2.86 bits per heavy atom. The number of imidazole rings is 1. The summed E-state index contributed by atoms with van der Waals surface area (Å²) >= 11 is 0. The van der Waals surface area contributed by atoms with E-state index in [9.17, 15) is 8.42 Å². The van der Waals surface area contributed by atoms with Crippen LogP contribution < -0.4 is 4.74 Å². The number of hydrogen-bond donors (Lipinski definition) is 0. The van der Waals surface area contributed by atoms with Crippen molar-refractivity contribution in [2.24, 2.45) is 7.05 Å². The molecule has 0 aromatic carbocycles. The van der Waals surface area contributed by atoms with Gasteiger partial charge in [0.05, 0.1) is 12.7 Å². The maximum atomic E-state index is 12.6. The average Bonchev–Trinajstić information content (AvgIpc) is 3.09. The highest BCUT2D eigenvalue weighted by Crippen LogP contribution is 2.23. The molecule has 1 atom stereocenters. The lowest BCUT2D eigenvalue weighted by molar-refractivity contribution is 0.214. The normalized spacial score (nSPS) is 19.5. The maximum Gasteiger partial charge on any atom is 0.262 e. The van der Waals surface area contributed by atoms with Crippen molar-refractivity contribution in [3.8, 4) is 5.75 Å². The summed E-state index contributed by atoms with van der Waals surface area (Å²) in [4.78, 5) is 8.10. The summed E-state index contributed by atoms with van der Waals surface area (Å²) in [6.45, 7) is 2.53. The SMILES string of the molecule is Cc1nc(S(=O)(=O)N2CC[C@@H](Oc3cccnc3)C2)cn1C. The number of ether oxygens (including phenoxy) is 1. The van der Waals surface area contributed by atoms with Crippen LogP contribution in [0.4, 0.5) is 0 Å². The van der Waals surface area contributed by atoms with Crippen LogP contribution in [0.1, 0.15) is 12.2 Å². The molecule has 22 heavy (non-hydrogen) atoms. The van der Waals surface area contributed by atoms with Gasteiger partial charge in [-0.25, -0.2) is 13.4 Å². The van der Waals surface area contributed by atoms with Crippen LogP contribution in [0, 0.1) is 6.92 Å². The number of pyridine rings is 1. The van der Waals surface area contributed by atoms with Crippen molar-refractivity contribution in [2.45, 2.75) is 24.5 Å². The summed E-state index contributed by atoms with van der Waals surface area (Å²) in [5.74, 6) is 1.32. The van der Waals surface area contributed by atoms with Gasteiger partial charge < -0.3 is 9.30 Å². The van der Waals surface area contributed by atoms with Gasteiger partial charge in [-0.3, -0.25) is 4.98 Å². The summed E-state index contributed by atoms with van der Waals surface area (Å²) in [6, 6.07) is 3.60. The zero-order valence-corrected chi connectivity index (χ0v) is 13.3. The third kappa shape index (κ3) is 2.84. The van der Waals surface area contributed by atoms with Crippen LogP contribution >= 0.6 is 0 Å². The first-order chi connectivity index (χ1) is 10.5. The lowest BCUT2D eigenvalue weighted by Gasteiger charge is -2.15. The van der Waals surface area contributed by atoms with Crippen molar-refractivity contribution in [3.05, 3.63) is 36.5 Å². The van der Waals surface area contributed by atoms with Gasteiger partial charge in [0.25, 0.3) is 10.0 Å². The molecule has 0 N–H and O–H groups in total. The fourth-order valence-electron chi connectivity index (χ4n) is 2.40. The van der Waals surface area contributed by atoms with Crippen molar-refractivity contribution in [3.63, 3.8) is 0 Å². The predicted molar refractivity (Wildman–Crippen MR) is 80.0 cm³/mol. The first-order valence-corrected chi connectivity index (χ1v) is 8.47. The number of hydrogen-bond acceptors (Lipinski definition) is 5. The molecule has 0 saturated carbocycles. The predicted octanol–water partition coefficient (Wildman–Crippen LogP) is 0.966. The van der Waals surface area contributed by atoms with E-state index in [-0.39, 0.29) is 11.1 Å².